The molecular formula is C15H12ClF3N2OS2. The van der Waals surface area contributed by atoms with Crippen LogP contribution in [0.15, 0.2) is 46.7 Å². The first-order valence-electron chi connectivity index (χ1n) is 6.75. The average molecular weight is 393 g/mol. The highest BCUT2D eigenvalue weighted by Crippen LogP contribution is 2.26. The Bertz CT molecular complexity index is 743. The Morgan fingerprint density at radius 2 is 2.00 bits per heavy atom. The van der Waals surface area contributed by atoms with Crippen LogP contribution in [0.5, 0.6) is 0 Å². The van der Waals surface area contributed by atoms with Crippen molar-refractivity contribution < 1.29 is 17.9 Å². The van der Waals surface area contributed by atoms with Crippen LogP contribution in [0.25, 0.3) is 0 Å². The summed E-state index contributed by atoms with van der Waals surface area (Å²) in [6.07, 6.45) is 0.281. The van der Waals surface area contributed by atoms with Crippen molar-refractivity contribution >= 4 is 40.9 Å². The number of hydroxylamine groups is 1. The van der Waals surface area contributed by atoms with Crippen LogP contribution >= 0.6 is 34.7 Å². The van der Waals surface area contributed by atoms with Crippen molar-refractivity contribution in [3.63, 3.8) is 0 Å². The van der Waals surface area contributed by atoms with Gasteiger partial charge in [0, 0.05) is 22.8 Å². The zero-order chi connectivity index (χ0) is 17.5. The zero-order valence-corrected chi connectivity index (χ0v) is 14.6. The molecule has 2 rings (SSSR count). The van der Waals surface area contributed by atoms with Gasteiger partial charge in [0.15, 0.2) is 22.9 Å². The van der Waals surface area contributed by atoms with Gasteiger partial charge < -0.3 is 5.21 Å². The van der Waals surface area contributed by atoms with Gasteiger partial charge >= 0.3 is 6.08 Å². The van der Waals surface area contributed by atoms with Gasteiger partial charge in [-0.3, -0.25) is 0 Å². The molecule has 24 heavy (non-hydrogen) atoms. The Kier molecular flexibility index (Phi) is 7.14. The number of thioether (sulfide) groups is 1. The second-order valence-corrected chi connectivity index (χ2v) is 7.46. The first-order valence-corrected chi connectivity index (χ1v) is 8.93. The standard InChI is InChI=1S/C15H12ClF3N2OS2/c16-11-3-1-10(2-4-11)8-21(22)9-12-7-20-15(24-12)23-6-5-13(17)14(18)19/h1-4,7,9H,5-6,8H2/b21-9-. The number of nitrogens with zero attached hydrogens (tertiary/aromatic N) is 2. The normalized spacial score (nSPS) is 11.6. The highest BCUT2D eigenvalue weighted by Gasteiger charge is 2.08. The van der Waals surface area contributed by atoms with Crippen LogP contribution in [0.4, 0.5) is 13.2 Å². The van der Waals surface area contributed by atoms with E-state index in [9.17, 15) is 18.4 Å². The third kappa shape index (κ3) is 6.18. The van der Waals surface area contributed by atoms with Gasteiger partial charge in [-0.15, -0.1) is 11.3 Å². The van der Waals surface area contributed by atoms with E-state index in [2.05, 4.69) is 4.98 Å². The fourth-order valence-corrected chi connectivity index (χ4v) is 3.74. The molecule has 3 nitrogen and oxygen atoms in total. The molecule has 0 saturated carbocycles. The second kappa shape index (κ2) is 9.10. The molecule has 0 aliphatic heterocycles. The molecule has 9 heteroatoms. The molecule has 1 aromatic heterocycles. The summed E-state index contributed by atoms with van der Waals surface area (Å²) < 4.78 is 37.9. The van der Waals surface area contributed by atoms with E-state index in [0.717, 1.165) is 22.1 Å². The summed E-state index contributed by atoms with van der Waals surface area (Å²) in [5.74, 6) is -1.25. The molecule has 0 atom stereocenters. The van der Waals surface area contributed by atoms with Crippen molar-refractivity contribution in [3.05, 3.63) is 63.0 Å². The molecule has 0 bridgehead atoms. The van der Waals surface area contributed by atoms with Gasteiger partial charge in [0.25, 0.3) is 0 Å². The maximum atomic E-state index is 12.7. The number of hydrogen-bond donors (Lipinski definition) is 0. The molecule has 0 unspecified atom stereocenters. The molecule has 0 aliphatic rings. The lowest BCUT2D eigenvalue weighted by Crippen LogP contribution is -2.04. The smallest absolute Gasteiger partial charge is 0.301 e. The minimum absolute atomic E-state index is 0.155. The largest absolute Gasteiger partial charge is 0.624 e. The number of benzene rings is 1. The van der Waals surface area contributed by atoms with Crippen LogP contribution in [0.3, 0.4) is 0 Å². The highest BCUT2D eigenvalue weighted by molar-refractivity contribution is 8.01. The first-order chi connectivity index (χ1) is 11.4. The summed E-state index contributed by atoms with van der Waals surface area (Å²) >= 11 is 8.19. The topological polar surface area (TPSA) is 39.0 Å². The van der Waals surface area contributed by atoms with E-state index in [1.807, 2.05) is 0 Å². The summed E-state index contributed by atoms with van der Waals surface area (Å²) in [6, 6.07) is 6.95. The number of halogens is 4. The number of rotatable bonds is 7. The van der Waals surface area contributed by atoms with Gasteiger partial charge in [-0.25, -0.2) is 14.1 Å². The van der Waals surface area contributed by atoms with E-state index in [-0.39, 0.29) is 18.7 Å². The predicted molar refractivity (Wildman–Crippen MR) is 91.8 cm³/mol. The minimum atomic E-state index is -2.28. The van der Waals surface area contributed by atoms with Gasteiger partial charge in [-0.05, 0) is 12.1 Å². The molecule has 0 aliphatic carbocycles. The molecule has 2 aromatic rings. The van der Waals surface area contributed by atoms with E-state index >= 15 is 0 Å². The van der Waals surface area contributed by atoms with Crippen LogP contribution in [0.1, 0.15) is 16.9 Å². The molecular weight excluding hydrogens is 381 g/mol. The third-order valence-electron chi connectivity index (χ3n) is 2.78. The summed E-state index contributed by atoms with van der Waals surface area (Å²) in [5, 5.41) is 12.5. The maximum Gasteiger partial charge on any atom is 0.301 e. The lowest BCUT2D eigenvalue weighted by molar-refractivity contribution is -0.469. The van der Waals surface area contributed by atoms with Crippen LogP contribution in [0.2, 0.25) is 5.02 Å². The van der Waals surface area contributed by atoms with Gasteiger partial charge in [-0.2, -0.15) is 8.78 Å². The molecule has 0 saturated heterocycles. The SMILES string of the molecule is [O-]/[N+](=C\c1cnc(SCCC(F)=C(F)F)s1)Cc1ccc(Cl)cc1. The van der Waals surface area contributed by atoms with Gasteiger partial charge in [0.1, 0.15) is 4.88 Å². The van der Waals surface area contributed by atoms with Crippen molar-refractivity contribution in [2.75, 3.05) is 5.75 Å². The molecule has 1 aromatic carbocycles. The van der Waals surface area contributed by atoms with Crippen molar-refractivity contribution in [2.45, 2.75) is 17.3 Å². The lowest BCUT2D eigenvalue weighted by atomic mass is 10.2. The Hall–Kier alpha value is -1.51. The quantitative estimate of drug-likeness (QED) is 0.206. The Morgan fingerprint density at radius 3 is 2.67 bits per heavy atom. The predicted octanol–water partition coefficient (Wildman–Crippen LogP) is 5.49. The molecule has 0 radical (unpaired) electrons. The number of allylic oxidation sites excluding steroid dienone is 1. The molecule has 1 heterocycles. The fourth-order valence-electron chi connectivity index (χ4n) is 1.68. The number of hydrogen-bond acceptors (Lipinski definition) is 4. The van der Waals surface area contributed by atoms with Crippen LogP contribution < -0.4 is 0 Å². The van der Waals surface area contributed by atoms with E-state index in [1.165, 1.54) is 23.7 Å². The van der Waals surface area contributed by atoms with Crippen molar-refractivity contribution in [3.8, 4) is 0 Å². The molecule has 0 N–H and O–H groups in total. The van der Waals surface area contributed by atoms with Crippen molar-refractivity contribution in [2.24, 2.45) is 0 Å². The molecule has 0 spiro atoms. The number of thiazole rings is 1. The Morgan fingerprint density at radius 1 is 1.29 bits per heavy atom. The fraction of sp³-hybridized carbons (Fsp3) is 0.200. The Labute approximate surface area is 150 Å². The van der Waals surface area contributed by atoms with Crippen LogP contribution in [0, 0.1) is 5.21 Å². The summed E-state index contributed by atoms with van der Waals surface area (Å²) in [7, 11) is 0. The van der Waals surface area contributed by atoms with Gasteiger partial charge in [-0.1, -0.05) is 35.5 Å². The Balaban J connectivity index is 1.90. The second-order valence-electron chi connectivity index (χ2n) is 4.62. The monoisotopic (exact) mass is 392 g/mol. The lowest BCUT2D eigenvalue weighted by Gasteiger charge is -2.03. The number of aromatic nitrogens is 1. The van der Waals surface area contributed by atoms with Crippen molar-refractivity contribution in [1.82, 2.24) is 4.98 Å². The zero-order valence-electron chi connectivity index (χ0n) is 12.2. The highest BCUT2D eigenvalue weighted by atomic mass is 35.5. The summed E-state index contributed by atoms with van der Waals surface area (Å²) in [5.41, 5.74) is 0.820. The third-order valence-corrected chi connectivity index (χ3v) is 5.12. The first kappa shape index (κ1) is 18.8. The minimum Gasteiger partial charge on any atom is -0.624 e. The van der Waals surface area contributed by atoms with E-state index in [1.54, 1.807) is 24.3 Å². The van der Waals surface area contributed by atoms with Crippen molar-refractivity contribution in [1.29, 1.82) is 0 Å². The van der Waals surface area contributed by atoms with Gasteiger partial charge in [0.05, 0.1) is 6.20 Å². The maximum absolute atomic E-state index is 12.7. The molecule has 0 amide bonds. The van der Waals surface area contributed by atoms with Gasteiger partial charge in [0.2, 0.25) is 0 Å². The molecule has 0 fully saturated rings. The molecule has 128 valence electrons. The average Bonchev–Trinajstić information content (AvgIpc) is 2.96. The van der Waals surface area contributed by atoms with E-state index < -0.39 is 11.9 Å². The van der Waals surface area contributed by atoms with E-state index in [0.29, 0.717) is 14.2 Å². The summed E-state index contributed by atoms with van der Waals surface area (Å²) in [4.78, 5) is 4.70. The van der Waals surface area contributed by atoms with E-state index in [4.69, 9.17) is 11.6 Å². The van der Waals surface area contributed by atoms with Crippen LogP contribution in [-0.2, 0) is 6.54 Å². The van der Waals surface area contributed by atoms with Crippen LogP contribution in [-0.4, -0.2) is 21.7 Å². The summed E-state index contributed by atoms with van der Waals surface area (Å²) in [6.45, 7) is 0.170.